The number of nitrogens with zero attached hydrogens (tertiary/aromatic N) is 2. The van der Waals surface area contributed by atoms with Gasteiger partial charge < -0.3 is 14.8 Å². The number of likely N-dealkylation sites (N-methyl/N-ethyl adjacent to an activating group) is 1. The van der Waals surface area contributed by atoms with Crippen LogP contribution < -0.4 is 5.32 Å². The molecule has 1 heterocycles. The predicted molar refractivity (Wildman–Crippen MR) is 132 cm³/mol. The Hall–Kier alpha value is -2.85. The molecule has 10 heteroatoms. The van der Waals surface area contributed by atoms with Crippen LogP contribution in [0.5, 0.6) is 0 Å². The fourth-order valence-corrected chi connectivity index (χ4v) is 5.14. The van der Waals surface area contributed by atoms with Crippen molar-refractivity contribution in [2.24, 2.45) is 0 Å². The van der Waals surface area contributed by atoms with Crippen molar-refractivity contribution in [3.05, 3.63) is 62.5 Å². The zero-order valence-corrected chi connectivity index (χ0v) is 21.4. The van der Waals surface area contributed by atoms with E-state index in [1.54, 1.807) is 44.7 Å². The number of benzene rings is 1. The minimum atomic E-state index is -0.889. The first-order valence-corrected chi connectivity index (χ1v) is 12.6. The van der Waals surface area contributed by atoms with E-state index in [-0.39, 0.29) is 35.4 Å². The van der Waals surface area contributed by atoms with Crippen molar-refractivity contribution in [3.8, 4) is 0 Å². The number of nitro groups is 1. The van der Waals surface area contributed by atoms with Crippen LogP contribution in [0.1, 0.15) is 46.1 Å². The lowest BCUT2D eigenvalue weighted by molar-refractivity contribution is -0.384. The van der Waals surface area contributed by atoms with Crippen LogP contribution >= 0.6 is 11.8 Å². The van der Waals surface area contributed by atoms with E-state index in [0.717, 1.165) is 13.1 Å². The van der Waals surface area contributed by atoms with E-state index in [4.69, 9.17) is 9.47 Å². The molecule has 1 aromatic carbocycles. The van der Waals surface area contributed by atoms with E-state index >= 15 is 0 Å². The minimum absolute atomic E-state index is 0.133. The van der Waals surface area contributed by atoms with Crippen LogP contribution in [0.3, 0.4) is 0 Å². The molecule has 0 amide bonds. The molecule has 0 aromatic heterocycles. The highest BCUT2D eigenvalue weighted by Gasteiger charge is 2.41. The van der Waals surface area contributed by atoms with E-state index < -0.39 is 22.8 Å². The molecule has 0 spiro atoms. The molecule has 1 aliphatic heterocycles. The Balaban J connectivity index is 2.89. The summed E-state index contributed by atoms with van der Waals surface area (Å²) in [5, 5.41) is 14.6. The van der Waals surface area contributed by atoms with Gasteiger partial charge in [-0.1, -0.05) is 26.0 Å². The summed E-state index contributed by atoms with van der Waals surface area (Å²) in [7, 11) is 0. The van der Waals surface area contributed by atoms with Crippen molar-refractivity contribution in [1.29, 1.82) is 0 Å². The van der Waals surface area contributed by atoms with Gasteiger partial charge in [0.1, 0.15) is 0 Å². The molecule has 0 aliphatic carbocycles. The second-order valence-corrected chi connectivity index (χ2v) is 8.44. The molecular formula is C24H33N3O6S. The number of carbonyl (C=O) groups is 2. The number of ether oxygens (including phenoxy) is 2. The van der Waals surface area contributed by atoms with Crippen molar-refractivity contribution in [3.63, 3.8) is 0 Å². The number of thioether (sulfide) groups is 1. The monoisotopic (exact) mass is 491 g/mol. The van der Waals surface area contributed by atoms with E-state index in [2.05, 4.69) is 10.2 Å². The van der Waals surface area contributed by atoms with Gasteiger partial charge in [-0.05, 0) is 45.7 Å². The first-order valence-electron chi connectivity index (χ1n) is 11.3. The lowest BCUT2D eigenvalue weighted by Gasteiger charge is -2.37. The molecule has 2 rings (SSSR count). The summed E-state index contributed by atoms with van der Waals surface area (Å²) in [5.74, 6) is -2.06. The third-order valence-electron chi connectivity index (χ3n) is 5.61. The van der Waals surface area contributed by atoms with Crippen molar-refractivity contribution in [1.82, 2.24) is 10.2 Å². The average molecular weight is 492 g/mol. The highest BCUT2D eigenvalue weighted by atomic mass is 32.2. The summed E-state index contributed by atoms with van der Waals surface area (Å²) < 4.78 is 10.8. The van der Waals surface area contributed by atoms with Crippen molar-refractivity contribution in [2.75, 3.05) is 32.6 Å². The fraction of sp³-hybridized carbons (Fsp3) is 0.500. The minimum Gasteiger partial charge on any atom is -0.463 e. The SMILES string of the molecule is CCOC(=O)C1=C(C)NC(C(SC)N(CC)CC)=C(C(=O)OCC)C1c1cccc([N+](=O)[O-])c1. The number of non-ortho nitro benzene ring substituents is 1. The molecular weight excluding hydrogens is 458 g/mol. The fourth-order valence-electron chi connectivity index (χ4n) is 4.12. The molecule has 186 valence electrons. The van der Waals surface area contributed by atoms with Crippen molar-refractivity contribution >= 4 is 29.4 Å². The van der Waals surface area contributed by atoms with Gasteiger partial charge >= 0.3 is 11.9 Å². The second-order valence-electron chi connectivity index (χ2n) is 7.53. The Bertz CT molecular complexity index is 987. The molecule has 0 saturated carbocycles. The van der Waals surface area contributed by atoms with E-state index in [0.29, 0.717) is 17.0 Å². The molecule has 34 heavy (non-hydrogen) atoms. The van der Waals surface area contributed by atoms with Crippen LogP contribution in [0.25, 0.3) is 0 Å². The third-order valence-corrected chi connectivity index (χ3v) is 6.59. The standard InChI is InChI=1S/C24H33N3O6S/c1-7-26(8-2)22(34-6)21-20(24(29)33-10-4)19(16-12-11-13-17(14-16)27(30)31)18(15(5)25-21)23(28)32-9-3/h11-14,19,22,25H,7-10H2,1-6H3. The first-order chi connectivity index (χ1) is 16.2. The summed E-state index contributed by atoms with van der Waals surface area (Å²) in [6, 6.07) is 6.00. The smallest absolute Gasteiger partial charge is 0.336 e. The predicted octanol–water partition coefficient (Wildman–Crippen LogP) is 3.97. The average Bonchev–Trinajstić information content (AvgIpc) is 2.81. The maximum absolute atomic E-state index is 13.4. The van der Waals surface area contributed by atoms with E-state index in [9.17, 15) is 19.7 Å². The number of nitro benzene ring substituents is 1. The number of nitrogens with one attached hydrogen (secondary N) is 1. The van der Waals surface area contributed by atoms with Gasteiger partial charge in [-0.25, -0.2) is 9.59 Å². The van der Waals surface area contributed by atoms with Gasteiger partial charge in [0.15, 0.2) is 0 Å². The van der Waals surface area contributed by atoms with Gasteiger partial charge in [-0.15, -0.1) is 11.8 Å². The Morgan fingerprint density at radius 3 is 2.21 bits per heavy atom. The van der Waals surface area contributed by atoms with Crippen LogP contribution in [-0.4, -0.2) is 59.7 Å². The second kappa shape index (κ2) is 12.6. The molecule has 0 bridgehead atoms. The highest BCUT2D eigenvalue weighted by molar-refractivity contribution is 7.99. The lowest BCUT2D eigenvalue weighted by atomic mass is 9.80. The van der Waals surface area contributed by atoms with Gasteiger partial charge in [-0.2, -0.15) is 0 Å². The molecule has 0 saturated heterocycles. The highest BCUT2D eigenvalue weighted by Crippen LogP contribution is 2.42. The Morgan fingerprint density at radius 2 is 1.71 bits per heavy atom. The zero-order chi connectivity index (χ0) is 25.4. The maximum atomic E-state index is 13.4. The summed E-state index contributed by atoms with van der Waals surface area (Å²) in [6.07, 6.45) is 1.95. The van der Waals surface area contributed by atoms with Crippen LogP contribution in [0.15, 0.2) is 46.8 Å². The lowest BCUT2D eigenvalue weighted by Crippen LogP contribution is -2.43. The molecule has 2 atom stereocenters. The van der Waals surface area contributed by atoms with E-state index in [1.165, 1.54) is 12.1 Å². The van der Waals surface area contributed by atoms with Crippen molar-refractivity contribution < 1.29 is 24.0 Å². The number of dihydropyridines is 1. The van der Waals surface area contributed by atoms with Crippen LogP contribution in [0.2, 0.25) is 0 Å². The van der Waals surface area contributed by atoms with Gasteiger partial charge in [0, 0.05) is 17.8 Å². The molecule has 9 nitrogen and oxygen atoms in total. The molecule has 2 unspecified atom stereocenters. The number of carbonyl (C=O) groups excluding carboxylic acids is 2. The Kier molecular flexibility index (Phi) is 10.1. The molecule has 1 aromatic rings. The van der Waals surface area contributed by atoms with Gasteiger partial charge in [-0.3, -0.25) is 15.0 Å². The molecule has 1 N–H and O–H groups in total. The summed E-state index contributed by atoms with van der Waals surface area (Å²) >= 11 is 1.55. The van der Waals surface area contributed by atoms with Crippen LogP contribution in [-0.2, 0) is 19.1 Å². The van der Waals surface area contributed by atoms with Gasteiger partial charge in [0.2, 0.25) is 0 Å². The molecule has 0 radical (unpaired) electrons. The first kappa shape index (κ1) is 27.4. The zero-order valence-electron chi connectivity index (χ0n) is 20.5. The third kappa shape index (κ3) is 5.79. The topological polar surface area (TPSA) is 111 Å². The van der Waals surface area contributed by atoms with Crippen molar-refractivity contribution in [2.45, 2.75) is 45.9 Å². The quantitative estimate of drug-likeness (QED) is 0.213. The number of hydrogen-bond donors (Lipinski definition) is 1. The number of esters is 2. The molecule has 1 aliphatic rings. The van der Waals surface area contributed by atoms with Crippen LogP contribution in [0, 0.1) is 10.1 Å². The largest absolute Gasteiger partial charge is 0.463 e. The summed E-state index contributed by atoms with van der Waals surface area (Å²) in [5.41, 5.74) is 1.93. The Morgan fingerprint density at radius 1 is 1.12 bits per heavy atom. The normalized spacial score (nSPS) is 16.9. The van der Waals surface area contributed by atoms with Gasteiger partial charge in [0.05, 0.1) is 46.3 Å². The number of rotatable bonds is 11. The number of hydrogen-bond acceptors (Lipinski definition) is 9. The van der Waals surface area contributed by atoms with E-state index in [1.807, 2.05) is 20.1 Å². The maximum Gasteiger partial charge on any atom is 0.336 e. The number of allylic oxidation sites excluding steroid dienone is 1. The summed E-state index contributed by atoms with van der Waals surface area (Å²) in [4.78, 5) is 39.7. The van der Waals surface area contributed by atoms with Gasteiger partial charge in [0.25, 0.3) is 5.69 Å². The Labute approximate surface area is 204 Å². The van der Waals surface area contributed by atoms with Crippen LogP contribution in [0.4, 0.5) is 5.69 Å². The summed E-state index contributed by atoms with van der Waals surface area (Å²) in [6.45, 7) is 11.0. The molecule has 0 fully saturated rings.